The van der Waals surface area contributed by atoms with Crippen LogP contribution in [0.4, 0.5) is 5.69 Å². The zero-order chi connectivity index (χ0) is 21.5. The van der Waals surface area contributed by atoms with Gasteiger partial charge >= 0.3 is 0 Å². The zero-order valence-corrected chi connectivity index (χ0v) is 22.6. The smallest absolute Gasteiger partial charge is 0.262 e. The Kier molecular flexibility index (Phi) is 9.88. The Morgan fingerprint density at radius 1 is 0.906 bits per heavy atom. The molecule has 1 aliphatic heterocycles. The summed E-state index contributed by atoms with van der Waals surface area (Å²) in [5.74, 6) is 0. The molecule has 0 bridgehead atoms. The van der Waals surface area contributed by atoms with Crippen molar-refractivity contribution in [2.45, 2.75) is 51.0 Å². The number of aryl methyl sites for hydroxylation is 1. The van der Waals surface area contributed by atoms with Gasteiger partial charge in [-0.1, -0.05) is 92.3 Å². The molecule has 0 N–H and O–H groups in total. The number of para-hydroxylation sites is 2. The average molecular weight is 575 g/mol. The lowest BCUT2D eigenvalue weighted by Crippen LogP contribution is -3.00. The number of halogens is 1. The van der Waals surface area contributed by atoms with Gasteiger partial charge < -0.3 is 28.9 Å². The van der Waals surface area contributed by atoms with Crippen LogP contribution in [0.2, 0.25) is 0 Å². The third-order valence-electron chi connectivity index (χ3n) is 5.44. The number of nitrogens with zero attached hydrogens (tertiary/aromatic N) is 2. The first kappa shape index (κ1) is 25.1. The second-order valence-electron chi connectivity index (χ2n) is 7.74. The molecule has 0 atom stereocenters. The second kappa shape index (κ2) is 12.6. The van der Waals surface area contributed by atoms with Gasteiger partial charge in [-0.25, -0.2) is 0 Å². The number of unbranched alkanes of at least 4 members (excludes halogenated alkanes) is 2. The fourth-order valence-electron chi connectivity index (χ4n) is 3.79. The quantitative estimate of drug-likeness (QED) is 0.206. The summed E-state index contributed by atoms with van der Waals surface area (Å²) >= 11 is 3.75. The van der Waals surface area contributed by atoms with Crippen LogP contribution in [0.5, 0.6) is 0 Å². The molecule has 2 aromatic carbocycles. The van der Waals surface area contributed by atoms with Crippen LogP contribution in [0.3, 0.4) is 0 Å². The average Bonchev–Trinajstić information content (AvgIpc) is 3.33. The van der Waals surface area contributed by atoms with Gasteiger partial charge in [0.15, 0.2) is 6.54 Å². The third kappa shape index (κ3) is 5.86. The van der Waals surface area contributed by atoms with Crippen LogP contribution >= 0.6 is 23.1 Å². The molecular formula is C27H31IN2S2. The summed E-state index contributed by atoms with van der Waals surface area (Å²) in [6, 6.07) is 17.4. The van der Waals surface area contributed by atoms with Crippen molar-refractivity contribution in [3.05, 3.63) is 82.9 Å². The van der Waals surface area contributed by atoms with Crippen molar-refractivity contribution in [3.63, 3.8) is 0 Å². The Morgan fingerprint density at radius 2 is 1.69 bits per heavy atom. The van der Waals surface area contributed by atoms with Gasteiger partial charge in [0.2, 0.25) is 5.52 Å². The third-order valence-corrected chi connectivity index (χ3v) is 7.71. The second-order valence-corrected chi connectivity index (χ2v) is 9.86. The van der Waals surface area contributed by atoms with Crippen molar-refractivity contribution in [2.24, 2.45) is 0 Å². The fraction of sp³-hybridized carbons (Fsp3) is 0.296. The first-order valence-electron chi connectivity index (χ1n) is 11.3. The molecule has 5 heteroatoms. The van der Waals surface area contributed by atoms with Crippen molar-refractivity contribution < 1.29 is 28.5 Å². The summed E-state index contributed by atoms with van der Waals surface area (Å²) in [5, 5.41) is 2.64. The minimum Gasteiger partial charge on any atom is -1.00 e. The number of thioether (sulfide) groups is 1. The van der Waals surface area contributed by atoms with E-state index in [2.05, 4.69) is 102 Å². The van der Waals surface area contributed by atoms with E-state index in [1.165, 1.54) is 56.5 Å². The molecule has 0 saturated heterocycles. The number of hydrogen-bond donors (Lipinski definition) is 0. The van der Waals surface area contributed by atoms with E-state index < -0.39 is 0 Å². The highest BCUT2D eigenvalue weighted by molar-refractivity contribution is 8.03. The van der Waals surface area contributed by atoms with Gasteiger partial charge in [0.05, 0.1) is 10.7 Å². The number of hydrogen-bond acceptors (Lipinski definition) is 3. The summed E-state index contributed by atoms with van der Waals surface area (Å²) < 4.78 is 3.82. The van der Waals surface area contributed by atoms with Crippen LogP contribution in [0, 0.1) is 0 Å². The maximum absolute atomic E-state index is 2.46. The molecule has 0 aliphatic carbocycles. The van der Waals surface area contributed by atoms with Gasteiger partial charge in [0.1, 0.15) is 4.70 Å². The zero-order valence-electron chi connectivity index (χ0n) is 18.8. The van der Waals surface area contributed by atoms with Crippen molar-refractivity contribution in [1.82, 2.24) is 0 Å². The molecule has 4 rings (SSSR count). The highest BCUT2D eigenvalue weighted by Crippen LogP contribution is 2.45. The standard InChI is InChI=1S/C27H31N2S2.HI/c1-3-5-20-28-22-14-10-12-16-24(22)30-26(28)18-8-7-9-19-27-29(21-6-4-2)23-15-11-13-17-25(23)31-27;/h7-19H,3-6,20-21H2,1-2H3;1H/q+1;/p-1. The topological polar surface area (TPSA) is 7.12 Å². The summed E-state index contributed by atoms with van der Waals surface area (Å²) in [4.78, 5) is 3.82. The lowest BCUT2D eigenvalue weighted by atomic mass is 10.2. The van der Waals surface area contributed by atoms with Crippen molar-refractivity contribution >= 4 is 45.1 Å². The first-order valence-corrected chi connectivity index (χ1v) is 13.0. The number of aromatic nitrogens is 1. The Balaban J connectivity index is 0.00000289. The van der Waals surface area contributed by atoms with Gasteiger partial charge in [-0.05, 0) is 30.7 Å². The molecule has 0 amide bonds. The summed E-state index contributed by atoms with van der Waals surface area (Å²) in [7, 11) is 0. The van der Waals surface area contributed by atoms with E-state index >= 15 is 0 Å². The Morgan fingerprint density at radius 3 is 2.53 bits per heavy atom. The number of benzene rings is 2. The monoisotopic (exact) mass is 574 g/mol. The first-order chi connectivity index (χ1) is 15.3. The van der Waals surface area contributed by atoms with Crippen LogP contribution in [0.15, 0.2) is 82.8 Å². The predicted octanol–water partition coefficient (Wildman–Crippen LogP) is 4.82. The van der Waals surface area contributed by atoms with E-state index in [4.69, 9.17) is 0 Å². The maximum atomic E-state index is 2.46. The van der Waals surface area contributed by atoms with E-state index in [9.17, 15) is 0 Å². The van der Waals surface area contributed by atoms with Crippen molar-refractivity contribution in [3.8, 4) is 0 Å². The van der Waals surface area contributed by atoms with Gasteiger partial charge in [0.25, 0.3) is 5.01 Å². The molecule has 0 radical (unpaired) electrons. The number of rotatable bonds is 9. The van der Waals surface area contributed by atoms with Crippen LogP contribution in [-0.4, -0.2) is 6.54 Å². The fourth-order valence-corrected chi connectivity index (χ4v) is 5.99. The summed E-state index contributed by atoms with van der Waals surface area (Å²) in [6.07, 6.45) is 15.8. The van der Waals surface area contributed by atoms with Crippen LogP contribution in [0.1, 0.15) is 44.5 Å². The molecule has 1 aromatic heterocycles. The molecule has 1 aliphatic rings. The van der Waals surface area contributed by atoms with Gasteiger partial charge in [-0.15, -0.1) is 0 Å². The highest BCUT2D eigenvalue weighted by atomic mass is 127. The van der Waals surface area contributed by atoms with Crippen LogP contribution in [-0.2, 0) is 6.54 Å². The largest absolute Gasteiger partial charge is 1.00 e. The number of fused-ring (bicyclic) bond motifs is 2. The maximum Gasteiger partial charge on any atom is 0.262 e. The van der Waals surface area contributed by atoms with E-state index in [0.717, 1.165) is 13.1 Å². The molecule has 0 spiro atoms. The van der Waals surface area contributed by atoms with Gasteiger partial charge in [-0.3, -0.25) is 0 Å². The van der Waals surface area contributed by atoms with E-state index in [-0.39, 0.29) is 24.0 Å². The molecule has 0 fully saturated rings. The van der Waals surface area contributed by atoms with E-state index in [1.807, 2.05) is 23.1 Å². The number of allylic oxidation sites excluding steroid dienone is 4. The summed E-state index contributed by atoms with van der Waals surface area (Å²) in [5.41, 5.74) is 2.69. The molecule has 2 heterocycles. The van der Waals surface area contributed by atoms with Crippen molar-refractivity contribution in [1.29, 1.82) is 0 Å². The van der Waals surface area contributed by atoms with Crippen LogP contribution in [0.25, 0.3) is 16.3 Å². The predicted molar refractivity (Wildman–Crippen MR) is 138 cm³/mol. The summed E-state index contributed by atoms with van der Waals surface area (Å²) in [6.45, 7) is 6.67. The molecule has 32 heavy (non-hydrogen) atoms. The minimum absolute atomic E-state index is 0. The number of anilines is 1. The molecular weight excluding hydrogens is 543 g/mol. The highest BCUT2D eigenvalue weighted by Gasteiger charge is 2.23. The Hall–Kier alpha value is -1.57. The van der Waals surface area contributed by atoms with Gasteiger partial charge in [0, 0.05) is 30.0 Å². The lowest BCUT2D eigenvalue weighted by Gasteiger charge is -2.19. The minimum atomic E-state index is 0. The normalized spacial score (nSPS) is 14.7. The van der Waals surface area contributed by atoms with E-state index in [1.54, 1.807) is 0 Å². The van der Waals surface area contributed by atoms with E-state index in [0.29, 0.717) is 0 Å². The Bertz CT molecular complexity index is 1110. The molecule has 168 valence electrons. The lowest BCUT2D eigenvalue weighted by molar-refractivity contribution is -0.669. The molecule has 2 nitrogen and oxygen atoms in total. The number of thiazole rings is 1. The molecule has 0 unspecified atom stereocenters. The molecule has 0 saturated carbocycles. The SMILES string of the molecule is CCCCN1C(=CC=CC=Cc2sc3ccccc3[n+]2CCCC)Sc2ccccc21.[I-]. The van der Waals surface area contributed by atoms with Crippen LogP contribution < -0.4 is 33.4 Å². The Labute approximate surface area is 217 Å². The van der Waals surface area contributed by atoms with Gasteiger partial charge in [-0.2, -0.15) is 4.57 Å². The molecule has 3 aromatic rings. The van der Waals surface area contributed by atoms with Crippen molar-refractivity contribution in [2.75, 3.05) is 11.4 Å².